The van der Waals surface area contributed by atoms with Gasteiger partial charge in [0, 0.05) is 25.8 Å². The number of anilines is 1. The highest BCUT2D eigenvalue weighted by atomic mass is 16.3. The summed E-state index contributed by atoms with van der Waals surface area (Å²) in [4.78, 5) is 1.73. The summed E-state index contributed by atoms with van der Waals surface area (Å²) in [5.41, 5.74) is 0.948. The van der Waals surface area contributed by atoms with Crippen molar-refractivity contribution in [1.82, 2.24) is 0 Å². The number of hydrogen-bond donors (Lipinski definition) is 2. The highest BCUT2D eigenvalue weighted by molar-refractivity contribution is 5.45. The average molecular weight is 181 g/mol. The zero-order valence-corrected chi connectivity index (χ0v) is 7.72. The summed E-state index contributed by atoms with van der Waals surface area (Å²) >= 11 is 0. The van der Waals surface area contributed by atoms with Crippen LogP contribution in [0.1, 0.15) is 6.42 Å². The summed E-state index contributed by atoms with van der Waals surface area (Å²) in [5.74, 6) is 0. The van der Waals surface area contributed by atoms with E-state index in [1.54, 1.807) is 11.9 Å². The second kappa shape index (κ2) is 4.84. The van der Waals surface area contributed by atoms with Gasteiger partial charge in [-0.2, -0.15) is 0 Å². The van der Waals surface area contributed by atoms with Gasteiger partial charge in [-0.25, -0.2) is 0 Å². The fourth-order valence-electron chi connectivity index (χ4n) is 1.14. The number of benzene rings is 1. The Balaban J connectivity index is 2.62. The van der Waals surface area contributed by atoms with Crippen LogP contribution in [0.25, 0.3) is 0 Å². The second-order valence-corrected chi connectivity index (χ2v) is 2.94. The number of aliphatic hydroxyl groups excluding tert-OH is 2. The second-order valence-electron chi connectivity index (χ2n) is 2.94. The molecule has 0 fully saturated rings. The van der Waals surface area contributed by atoms with E-state index in [1.165, 1.54) is 0 Å². The Morgan fingerprint density at radius 2 is 1.92 bits per heavy atom. The Hall–Kier alpha value is -1.06. The molecule has 0 spiro atoms. The zero-order valence-electron chi connectivity index (χ0n) is 7.72. The molecule has 0 aliphatic heterocycles. The third-order valence-corrected chi connectivity index (χ3v) is 2.00. The van der Waals surface area contributed by atoms with Crippen LogP contribution in [-0.2, 0) is 0 Å². The van der Waals surface area contributed by atoms with Crippen molar-refractivity contribution in [3.8, 4) is 0 Å². The molecule has 1 rings (SSSR count). The van der Waals surface area contributed by atoms with E-state index in [0.29, 0.717) is 6.42 Å². The number of hydrogen-bond acceptors (Lipinski definition) is 3. The molecule has 0 bridgehead atoms. The molecule has 2 N–H and O–H groups in total. The van der Waals surface area contributed by atoms with E-state index in [0.717, 1.165) is 5.69 Å². The van der Waals surface area contributed by atoms with Crippen LogP contribution in [0.4, 0.5) is 5.69 Å². The summed E-state index contributed by atoms with van der Waals surface area (Å²) in [6.45, 7) is -0.00165. The molecule has 1 unspecified atom stereocenters. The largest absolute Gasteiger partial charge is 0.396 e. The molecule has 1 aromatic rings. The monoisotopic (exact) mass is 181 g/mol. The topological polar surface area (TPSA) is 43.7 Å². The lowest BCUT2D eigenvalue weighted by Crippen LogP contribution is -2.31. The van der Waals surface area contributed by atoms with Gasteiger partial charge in [-0.1, -0.05) is 18.2 Å². The van der Waals surface area contributed by atoms with Gasteiger partial charge in [0.2, 0.25) is 0 Å². The highest BCUT2D eigenvalue weighted by Crippen LogP contribution is 2.13. The number of para-hydroxylation sites is 1. The predicted octanol–water partition coefficient (Wildman–Crippen LogP) is 0.824. The molecule has 3 nitrogen and oxygen atoms in total. The van der Waals surface area contributed by atoms with Crippen molar-refractivity contribution in [3.05, 3.63) is 30.3 Å². The Bertz CT molecular complexity index is 238. The highest BCUT2D eigenvalue weighted by Gasteiger charge is 2.09. The van der Waals surface area contributed by atoms with Crippen LogP contribution in [0.3, 0.4) is 0 Å². The SMILES string of the molecule is CN(c1ccccc1)C(O)CCO. The minimum Gasteiger partial charge on any atom is -0.396 e. The molecule has 1 atom stereocenters. The van der Waals surface area contributed by atoms with Gasteiger partial charge < -0.3 is 15.1 Å². The van der Waals surface area contributed by atoms with Crippen LogP contribution in [0, 0.1) is 0 Å². The maximum Gasteiger partial charge on any atom is 0.128 e. The fourth-order valence-corrected chi connectivity index (χ4v) is 1.14. The van der Waals surface area contributed by atoms with Crippen molar-refractivity contribution in [2.24, 2.45) is 0 Å². The van der Waals surface area contributed by atoms with E-state index in [4.69, 9.17) is 5.11 Å². The van der Waals surface area contributed by atoms with E-state index >= 15 is 0 Å². The van der Waals surface area contributed by atoms with Gasteiger partial charge in [-0.15, -0.1) is 0 Å². The van der Waals surface area contributed by atoms with Crippen molar-refractivity contribution < 1.29 is 10.2 Å². The summed E-state index contributed by atoms with van der Waals surface area (Å²) in [6.07, 6.45) is -0.252. The molecule has 0 heterocycles. The first-order valence-electron chi connectivity index (χ1n) is 4.32. The lowest BCUT2D eigenvalue weighted by Gasteiger charge is -2.24. The van der Waals surface area contributed by atoms with Gasteiger partial charge in [-0.3, -0.25) is 0 Å². The molecular weight excluding hydrogens is 166 g/mol. The Morgan fingerprint density at radius 3 is 2.46 bits per heavy atom. The predicted molar refractivity (Wildman–Crippen MR) is 52.6 cm³/mol. The minimum absolute atomic E-state index is 0.00165. The van der Waals surface area contributed by atoms with E-state index in [2.05, 4.69) is 0 Å². The summed E-state index contributed by atoms with van der Waals surface area (Å²) in [6, 6.07) is 9.59. The molecule has 3 heteroatoms. The van der Waals surface area contributed by atoms with Crippen molar-refractivity contribution >= 4 is 5.69 Å². The molecule has 72 valence electrons. The number of aliphatic hydroxyl groups is 2. The molecule has 13 heavy (non-hydrogen) atoms. The van der Waals surface area contributed by atoms with Gasteiger partial charge >= 0.3 is 0 Å². The van der Waals surface area contributed by atoms with Gasteiger partial charge in [0.25, 0.3) is 0 Å². The van der Waals surface area contributed by atoms with Gasteiger partial charge in [0.15, 0.2) is 0 Å². The van der Waals surface area contributed by atoms with E-state index in [9.17, 15) is 5.11 Å². The number of rotatable bonds is 4. The Morgan fingerprint density at radius 1 is 1.31 bits per heavy atom. The Labute approximate surface area is 78.2 Å². The van der Waals surface area contributed by atoms with Crippen molar-refractivity contribution in [1.29, 1.82) is 0 Å². The third-order valence-electron chi connectivity index (χ3n) is 2.00. The molecule has 0 aromatic heterocycles. The van der Waals surface area contributed by atoms with Crippen LogP contribution in [-0.4, -0.2) is 30.1 Å². The standard InChI is InChI=1S/C10H15NO2/c1-11(10(13)7-8-12)9-5-3-2-4-6-9/h2-6,10,12-13H,7-8H2,1H3. The average Bonchev–Trinajstić information content (AvgIpc) is 2.18. The van der Waals surface area contributed by atoms with Crippen molar-refractivity contribution in [3.63, 3.8) is 0 Å². The fraction of sp³-hybridized carbons (Fsp3) is 0.400. The minimum atomic E-state index is -0.618. The Kier molecular flexibility index (Phi) is 3.73. The van der Waals surface area contributed by atoms with Crippen molar-refractivity contribution in [2.75, 3.05) is 18.6 Å². The lowest BCUT2D eigenvalue weighted by atomic mass is 10.2. The summed E-state index contributed by atoms with van der Waals surface area (Å²) < 4.78 is 0. The molecule has 0 saturated heterocycles. The molecule has 0 amide bonds. The van der Waals surface area contributed by atoms with Gasteiger partial charge in [0.1, 0.15) is 6.23 Å². The quantitative estimate of drug-likeness (QED) is 0.676. The van der Waals surface area contributed by atoms with Crippen LogP contribution in [0.5, 0.6) is 0 Å². The van der Waals surface area contributed by atoms with Gasteiger partial charge in [-0.05, 0) is 12.1 Å². The smallest absolute Gasteiger partial charge is 0.128 e. The molecule has 0 saturated carbocycles. The molecular formula is C10H15NO2. The third kappa shape index (κ3) is 2.72. The first kappa shape index (κ1) is 10.0. The van der Waals surface area contributed by atoms with Crippen LogP contribution < -0.4 is 4.90 Å². The van der Waals surface area contributed by atoms with Gasteiger partial charge in [0.05, 0.1) is 0 Å². The summed E-state index contributed by atoms with van der Waals surface area (Å²) in [7, 11) is 1.80. The van der Waals surface area contributed by atoms with Crippen LogP contribution >= 0.6 is 0 Å². The van der Waals surface area contributed by atoms with E-state index < -0.39 is 6.23 Å². The van der Waals surface area contributed by atoms with Crippen LogP contribution in [0.15, 0.2) is 30.3 Å². The van der Waals surface area contributed by atoms with E-state index in [1.807, 2.05) is 30.3 Å². The lowest BCUT2D eigenvalue weighted by molar-refractivity contribution is 0.133. The maximum absolute atomic E-state index is 9.54. The first-order chi connectivity index (χ1) is 6.25. The maximum atomic E-state index is 9.54. The van der Waals surface area contributed by atoms with E-state index in [-0.39, 0.29) is 6.61 Å². The molecule has 0 radical (unpaired) electrons. The normalized spacial score (nSPS) is 12.5. The summed E-state index contributed by atoms with van der Waals surface area (Å²) in [5, 5.41) is 18.2. The van der Waals surface area contributed by atoms with Crippen LogP contribution in [0.2, 0.25) is 0 Å². The molecule has 0 aliphatic rings. The zero-order chi connectivity index (χ0) is 9.68. The van der Waals surface area contributed by atoms with Crippen molar-refractivity contribution in [2.45, 2.75) is 12.6 Å². The number of nitrogens with zero attached hydrogens (tertiary/aromatic N) is 1. The first-order valence-corrected chi connectivity index (χ1v) is 4.32. The molecule has 1 aromatic carbocycles. The molecule has 0 aliphatic carbocycles.